The van der Waals surface area contributed by atoms with Crippen LogP contribution in [0.1, 0.15) is 450 Å². The average Bonchev–Trinajstić information content (AvgIpc) is 0.686. The van der Waals surface area contributed by atoms with Crippen LogP contribution < -0.4 is 47.7 Å². The Labute approximate surface area is 790 Å². The highest BCUT2D eigenvalue weighted by molar-refractivity contribution is 6.45. The number of anilines is 2. The van der Waals surface area contributed by atoms with Crippen LogP contribution in [0.25, 0.3) is 43.1 Å². The minimum Gasteiger partial charge on any atom is -0.490 e. The maximum Gasteiger partial charge on any atom is 0.343 e. The number of amides is 4. The fraction of sp³-hybridized carbons (Fsp3) is 0.569. The smallest absolute Gasteiger partial charge is 0.343 e. The molecule has 0 saturated heterocycles. The highest BCUT2D eigenvalue weighted by atomic mass is 16.6. The third-order valence-electron chi connectivity index (χ3n) is 26.8. The second kappa shape index (κ2) is 56.5. The molecule has 132 heavy (non-hydrogen) atoms. The van der Waals surface area contributed by atoms with Crippen molar-refractivity contribution in [3.05, 3.63) is 154 Å². The summed E-state index contributed by atoms with van der Waals surface area (Å²) in [5, 5.41) is 5.66. The summed E-state index contributed by atoms with van der Waals surface area (Å²) < 4.78 is 51.9. The topological polar surface area (TPSA) is 183 Å². The molecule has 16 nitrogen and oxygen atoms in total. The monoisotopic (exact) mass is 1800 g/mol. The Morgan fingerprint density at radius 1 is 0.235 bits per heavy atom. The first-order chi connectivity index (χ1) is 64.8. The van der Waals surface area contributed by atoms with Gasteiger partial charge in [0.25, 0.3) is 23.6 Å². The van der Waals surface area contributed by atoms with Gasteiger partial charge in [-0.2, -0.15) is 0 Å². The lowest BCUT2D eigenvalue weighted by molar-refractivity contribution is 0.0724. The number of aryl methyl sites for hydroxylation is 2. The van der Waals surface area contributed by atoms with Crippen LogP contribution in [0, 0.1) is 0 Å². The van der Waals surface area contributed by atoms with Gasteiger partial charge in [-0.1, -0.05) is 349 Å². The lowest BCUT2D eigenvalue weighted by Gasteiger charge is -2.31. The van der Waals surface area contributed by atoms with Gasteiger partial charge in [-0.25, -0.2) is 19.4 Å². The van der Waals surface area contributed by atoms with Crippen LogP contribution in [0.4, 0.5) is 11.4 Å². The zero-order valence-corrected chi connectivity index (χ0v) is 82.0. The minimum atomic E-state index is -0.607. The Kier molecular flexibility index (Phi) is 44.0. The standard InChI is InChI=1S/C116H158N2O14/c1-9-17-25-33-35-37-39-41-43-45-47-49-51-59-85-79-89(131-115(123)87-81-101(125-73-53-27-19-11-3)109(129-77-57-31-23-15-7)102(82-87)126-74-54-28-20-12-4)61-71-99(85)117-111(119)95-67-63-91-93-65-69-97-108-98(70-66-94(106(93)108)92-64-68-96(112(117)120)107(95)105(91)92)114(122)118(113(97)121)100-72-62-90(80-86(100)60-52-50-48-46-44-42-40-38-36-34-26-18-10-2)132-116(124)88-83-103(127-75-55-29-21-13-5)110(130-78-58-32-24-16-8)104(84-88)128-76-56-30-22-14-6/h61-72,79-84H,9-60,73-78H2,1-8H3. The molecule has 11 rings (SSSR count). The molecule has 0 aromatic heterocycles. The lowest BCUT2D eigenvalue weighted by atomic mass is 9.82. The fourth-order valence-electron chi connectivity index (χ4n) is 19.1. The molecule has 9 aromatic carbocycles. The molecule has 0 unspecified atom stereocenters. The second-order valence-corrected chi connectivity index (χ2v) is 37.4. The summed E-state index contributed by atoms with van der Waals surface area (Å²) in [6, 6.07) is 32.4. The summed E-state index contributed by atoms with van der Waals surface area (Å²) in [5.74, 6) is 0.212. The van der Waals surface area contributed by atoms with E-state index in [1.165, 1.54) is 125 Å². The summed E-state index contributed by atoms with van der Waals surface area (Å²) in [5.41, 5.74) is 4.23. The van der Waals surface area contributed by atoms with E-state index in [1.54, 1.807) is 48.5 Å². The van der Waals surface area contributed by atoms with Crippen LogP contribution in [-0.4, -0.2) is 75.2 Å². The van der Waals surface area contributed by atoms with E-state index in [-0.39, 0.29) is 22.6 Å². The van der Waals surface area contributed by atoms with Crippen molar-refractivity contribution in [1.82, 2.24) is 0 Å². The number of imide groups is 2. The number of unbranched alkanes of at least 4 members (excludes halogenated alkanes) is 42. The first-order valence-electron chi connectivity index (χ1n) is 52.6. The maximum atomic E-state index is 15.8. The van der Waals surface area contributed by atoms with E-state index in [0.717, 1.165) is 238 Å². The van der Waals surface area contributed by atoms with Gasteiger partial charge in [0.1, 0.15) is 11.5 Å². The van der Waals surface area contributed by atoms with Gasteiger partial charge < -0.3 is 37.9 Å². The maximum absolute atomic E-state index is 15.8. The number of hydrogen-bond donors (Lipinski definition) is 0. The Hall–Kier alpha value is -9.70. The van der Waals surface area contributed by atoms with E-state index >= 15 is 19.2 Å². The van der Waals surface area contributed by atoms with Crippen LogP contribution in [-0.2, 0) is 12.8 Å². The van der Waals surface area contributed by atoms with Crippen molar-refractivity contribution < 1.29 is 66.7 Å². The third-order valence-corrected chi connectivity index (χ3v) is 26.8. The first kappa shape index (κ1) is 103. The summed E-state index contributed by atoms with van der Waals surface area (Å²) >= 11 is 0. The molecule has 0 fully saturated rings. The third kappa shape index (κ3) is 28.7. The zero-order chi connectivity index (χ0) is 93.0. The van der Waals surface area contributed by atoms with Crippen LogP contribution in [0.2, 0.25) is 0 Å². The molecule has 2 heterocycles. The Balaban J connectivity index is 0.892. The second-order valence-electron chi connectivity index (χ2n) is 37.4. The predicted octanol–water partition coefficient (Wildman–Crippen LogP) is 32.8. The number of carbonyl (C=O) groups is 6. The molecular formula is C116H158N2O14. The van der Waals surface area contributed by atoms with Crippen molar-refractivity contribution in [1.29, 1.82) is 0 Å². The highest BCUT2D eigenvalue weighted by Crippen LogP contribution is 2.50. The minimum absolute atomic E-state index is 0.251. The molecule has 0 aliphatic carbocycles. The van der Waals surface area contributed by atoms with Gasteiger partial charge >= 0.3 is 11.9 Å². The zero-order valence-electron chi connectivity index (χ0n) is 82.0. The number of benzene rings is 9. The largest absolute Gasteiger partial charge is 0.490 e. The van der Waals surface area contributed by atoms with Crippen LogP contribution in [0.5, 0.6) is 46.0 Å². The Bertz CT molecular complexity index is 4610. The number of fused-ring (bicyclic) bond motifs is 2. The summed E-state index contributed by atoms with van der Waals surface area (Å²) in [6.45, 7) is 20.4. The van der Waals surface area contributed by atoms with Crippen molar-refractivity contribution in [2.75, 3.05) is 49.4 Å². The number of nitrogens with zero attached hydrogens (tertiary/aromatic N) is 2. The number of esters is 2. The van der Waals surface area contributed by atoms with E-state index in [4.69, 9.17) is 37.9 Å². The molecule has 0 saturated carbocycles. The predicted molar refractivity (Wildman–Crippen MR) is 542 cm³/mol. The van der Waals surface area contributed by atoms with Crippen molar-refractivity contribution in [2.45, 2.75) is 389 Å². The average molecular weight is 1800 g/mol. The molecule has 2 aliphatic heterocycles. The van der Waals surface area contributed by atoms with E-state index in [2.05, 4.69) is 55.4 Å². The quantitative estimate of drug-likeness (QED) is 0.00876. The molecule has 4 amide bonds. The van der Waals surface area contributed by atoms with Crippen molar-refractivity contribution in [3.63, 3.8) is 0 Å². The van der Waals surface area contributed by atoms with Gasteiger partial charge in [0.05, 0.1) is 62.1 Å². The lowest BCUT2D eigenvalue weighted by Crippen LogP contribution is -2.41. The molecule has 0 atom stereocenters. The molecule has 0 radical (unpaired) electrons. The molecule has 716 valence electrons. The molecule has 2 aliphatic rings. The van der Waals surface area contributed by atoms with Crippen molar-refractivity contribution in [3.8, 4) is 46.0 Å². The SMILES string of the molecule is CCCCCCCCCCCCCCCc1cc(OC(=O)c2cc(OCCCCCC)c(OCCCCCC)c(OCCCCCC)c2)ccc1N1C(=O)c2ccc3c4ccc5c6c(ccc(c7ccc(c2c37)C1=O)c64)C(=O)N(c1ccc(OC(=O)c2cc(OCCCCCC)c(OCCCCCC)c(OCCCCCC)c2)cc1CCCCCCCCCCCCCCC)C5=O. The van der Waals surface area contributed by atoms with E-state index in [0.29, 0.717) is 143 Å². The summed E-state index contributed by atoms with van der Waals surface area (Å²) in [6.07, 6.45) is 56.2. The van der Waals surface area contributed by atoms with Crippen LogP contribution in [0.15, 0.2) is 109 Å². The van der Waals surface area contributed by atoms with Gasteiger partial charge in [-0.3, -0.25) is 19.2 Å². The van der Waals surface area contributed by atoms with Crippen molar-refractivity contribution >= 4 is 90.0 Å². The number of rotatable bonds is 70. The van der Waals surface area contributed by atoms with Gasteiger partial charge in [0.2, 0.25) is 11.5 Å². The highest BCUT2D eigenvalue weighted by Gasteiger charge is 2.40. The normalized spacial score (nSPS) is 12.6. The molecular weight excluding hydrogens is 1650 g/mol. The summed E-state index contributed by atoms with van der Waals surface area (Å²) in [7, 11) is 0. The van der Waals surface area contributed by atoms with E-state index < -0.39 is 35.6 Å². The molecule has 0 N–H and O–H groups in total. The number of hydrogen-bond acceptors (Lipinski definition) is 14. The van der Waals surface area contributed by atoms with E-state index in [9.17, 15) is 9.59 Å². The van der Waals surface area contributed by atoms with Gasteiger partial charge in [-0.15, -0.1) is 0 Å². The summed E-state index contributed by atoms with van der Waals surface area (Å²) in [4.78, 5) is 95.3. The van der Waals surface area contributed by atoms with Crippen molar-refractivity contribution in [2.24, 2.45) is 0 Å². The Morgan fingerprint density at radius 2 is 0.455 bits per heavy atom. The fourth-order valence-corrected chi connectivity index (χ4v) is 19.1. The molecule has 0 bridgehead atoms. The van der Waals surface area contributed by atoms with Crippen LogP contribution in [0.3, 0.4) is 0 Å². The molecule has 0 spiro atoms. The Morgan fingerprint density at radius 3 is 0.697 bits per heavy atom. The van der Waals surface area contributed by atoms with Crippen LogP contribution >= 0.6 is 0 Å². The molecule has 16 heteroatoms. The first-order valence-corrected chi connectivity index (χ1v) is 52.6. The van der Waals surface area contributed by atoms with Gasteiger partial charge in [-0.05, 0) is 193 Å². The van der Waals surface area contributed by atoms with Gasteiger partial charge in [0, 0.05) is 33.0 Å². The number of carbonyl (C=O) groups excluding carboxylic acids is 6. The van der Waals surface area contributed by atoms with Gasteiger partial charge in [0.15, 0.2) is 23.0 Å². The van der Waals surface area contributed by atoms with E-state index in [1.807, 2.05) is 60.7 Å². The number of ether oxygens (including phenoxy) is 8. The molecule has 9 aromatic rings.